The molecule has 0 unspecified atom stereocenters. The molecular weight excluding hydrogens is 454 g/mol. The molecule has 0 aliphatic heterocycles. The van der Waals surface area contributed by atoms with Crippen molar-refractivity contribution in [2.24, 2.45) is 0 Å². The molecule has 5 nitrogen and oxygen atoms in total. The maximum atomic E-state index is 11.1. The van der Waals surface area contributed by atoms with Gasteiger partial charge in [0.1, 0.15) is 10.1 Å². The van der Waals surface area contributed by atoms with E-state index in [0.717, 1.165) is 5.30 Å². The number of hydrogen-bond acceptors (Lipinski definition) is 4. The Kier molecular flexibility index (Phi) is 13.8. The predicted molar refractivity (Wildman–Crippen MR) is 117 cm³/mol. The SMILES string of the molecule is CS(C)=O.O.O=S(=O)([O-])c1ccc(P(c2ccccc2)c2ccccc2)cc1.[K+]. The van der Waals surface area contributed by atoms with Crippen LogP contribution in [0.25, 0.3) is 0 Å². The van der Waals surface area contributed by atoms with Gasteiger partial charge in [0.2, 0.25) is 0 Å². The number of benzene rings is 3. The Morgan fingerprint density at radius 2 is 1.03 bits per heavy atom. The van der Waals surface area contributed by atoms with Gasteiger partial charge in [-0.15, -0.1) is 0 Å². The molecular formula is C20H22KO5PS2. The summed E-state index contributed by atoms with van der Waals surface area (Å²) in [6.07, 6.45) is 3.28. The first kappa shape index (κ1) is 28.7. The first-order chi connectivity index (χ1) is 12.8. The van der Waals surface area contributed by atoms with Crippen molar-refractivity contribution in [3.63, 3.8) is 0 Å². The minimum Gasteiger partial charge on any atom is -0.744 e. The van der Waals surface area contributed by atoms with Crippen molar-refractivity contribution in [3.8, 4) is 0 Å². The van der Waals surface area contributed by atoms with E-state index in [4.69, 9.17) is 0 Å². The molecule has 0 heterocycles. The van der Waals surface area contributed by atoms with E-state index >= 15 is 0 Å². The summed E-state index contributed by atoms with van der Waals surface area (Å²) in [4.78, 5) is -0.197. The summed E-state index contributed by atoms with van der Waals surface area (Å²) >= 11 is 0. The smallest absolute Gasteiger partial charge is 0.744 e. The summed E-state index contributed by atoms with van der Waals surface area (Å²) in [5, 5.41) is 3.35. The third kappa shape index (κ3) is 9.61. The summed E-state index contributed by atoms with van der Waals surface area (Å²) in [6.45, 7) is 0. The van der Waals surface area contributed by atoms with E-state index in [2.05, 4.69) is 24.3 Å². The largest absolute Gasteiger partial charge is 1.00 e. The molecule has 0 fully saturated rings. The van der Waals surface area contributed by atoms with E-state index < -0.39 is 28.8 Å². The fourth-order valence-electron chi connectivity index (χ4n) is 2.36. The first-order valence-electron chi connectivity index (χ1n) is 8.00. The maximum Gasteiger partial charge on any atom is 1.00 e. The van der Waals surface area contributed by atoms with Crippen molar-refractivity contribution in [1.29, 1.82) is 0 Å². The third-order valence-corrected chi connectivity index (χ3v) is 6.71. The Hall–Kier alpha value is -0.254. The molecule has 0 aliphatic carbocycles. The molecule has 9 heteroatoms. The molecule has 0 bridgehead atoms. The van der Waals surface area contributed by atoms with Gasteiger partial charge in [-0.2, -0.15) is 0 Å². The summed E-state index contributed by atoms with van der Waals surface area (Å²) in [6, 6.07) is 26.4. The predicted octanol–water partition coefficient (Wildman–Crippen LogP) is -1.48. The van der Waals surface area contributed by atoms with Gasteiger partial charge in [0.05, 0.1) is 4.90 Å². The van der Waals surface area contributed by atoms with Crippen LogP contribution in [-0.4, -0.2) is 35.2 Å². The Balaban J connectivity index is 0.00000120. The zero-order chi connectivity index (χ0) is 19.9. The second-order valence-corrected chi connectivity index (χ2v) is 10.8. The van der Waals surface area contributed by atoms with E-state index in [-0.39, 0.29) is 61.8 Å². The van der Waals surface area contributed by atoms with Crippen molar-refractivity contribution >= 4 is 44.8 Å². The second kappa shape index (κ2) is 13.9. The average molecular weight is 477 g/mol. The molecule has 0 aliphatic rings. The van der Waals surface area contributed by atoms with E-state index in [9.17, 15) is 17.2 Å². The van der Waals surface area contributed by atoms with Gasteiger partial charge < -0.3 is 10.0 Å². The van der Waals surface area contributed by atoms with Crippen LogP contribution in [0.2, 0.25) is 0 Å². The molecule has 0 saturated carbocycles. The zero-order valence-electron chi connectivity index (χ0n) is 16.5. The normalized spacial score (nSPS) is 10.4. The molecule has 2 N–H and O–H groups in total. The standard InChI is InChI=1S/C18H15O3PS.C2H6OS.K.H2O/c19-23(20,21)18-13-11-17(12-14-18)22(15-7-3-1-4-8-15)16-9-5-2-6-10-16;1-4(2)3;;/h1-14H,(H,19,20,21);1-2H3;;1H2/q;;+1;/p-1. The fourth-order valence-corrected chi connectivity index (χ4v) is 5.11. The Morgan fingerprint density at radius 1 is 0.724 bits per heavy atom. The average Bonchev–Trinajstić information content (AvgIpc) is 2.63. The third-order valence-electron chi connectivity index (χ3n) is 3.41. The van der Waals surface area contributed by atoms with Gasteiger partial charge in [-0.05, 0) is 36.0 Å². The van der Waals surface area contributed by atoms with Crippen LogP contribution in [0.1, 0.15) is 0 Å². The van der Waals surface area contributed by atoms with Crippen LogP contribution in [0.3, 0.4) is 0 Å². The van der Waals surface area contributed by atoms with Gasteiger partial charge in [-0.25, -0.2) is 8.42 Å². The molecule has 0 radical (unpaired) electrons. The molecule has 150 valence electrons. The summed E-state index contributed by atoms with van der Waals surface area (Å²) in [7, 11) is -5.82. The summed E-state index contributed by atoms with van der Waals surface area (Å²) in [5.41, 5.74) is 0. The van der Waals surface area contributed by atoms with Crippen LogP contribution >= 0.6 is 7.92 Å². The first-order valence-corrected chi connectivity index (χ1v) is 12.7. The fraction of sp³-hybridized carbons (Fsp3) is 0.100. The molecule has 29 heavy (non-hydrogen) atoms. The monoisotopic (exact) mass is 476 g/mol. The van der Waals surface area contributed by atoms with Crippen molar-refractivity contribution in [2.75, 3.05) is 12.5 Å². The van der Waals surface area contributed by atoms with E-state index in [1.54, 1.807) is 24.6 Å². The minimum absolute atomic E-state index is 0. The zero-order valence-corrected chi connectivity index (χ0v) is 22.1. The van der Waals surface area contributed by atoms with Crippen LogP contribution < -0.4 is 67.3 Å². The topological polar surface area (TPSA) is 106 Å². The van der Waals surface area contributed by atoms with Crippen molar-refractivity contribution in [3.05, 3.63) is 84.9 Å². The number of rotatable bonds is 4. The maximum absolute atomic E-state index is 11.1. The van der Waals surface area contributed by atoms with Crippen LogP contribution in [0.4, 0.5) is 0 Å². The number of hydrogen-bond donors (Lipinski definition) is 0. The minimum atomic E-state index is -4.42. The Labute approximate surface area is 218 Å². The second-order valence-electron chi connectivity index (χ2n) is 5.70. The van der Waals surface area contributed by atoms with Crippen molar-refractivity contribution < 1.29 is 74.0 Å². The van der Waals surface area contributed by atoms with Gasteiger partial charge in [0.25, 0.3) is 0 Å². The quantitative estimate of drug-likeness (QED) is 0.260. The molecule has 0 aromatic heterocycles. The molecule has 0 atom stereocenters. The Bertz CT molecular complexity index is 939. The van der Waals surface area contributed by atoms with Gasteiger partial charge in [-0.3, -0.25) is 4.21 Å². The molecule has 3 rings (SSSR count). The molecule has 0 saturated heterocycles. The van der Waals surface area contributed by atoms with Gasteiger partial charge in [-0.1, -0.05) is 72.8 Å². The summed E-state index contributed by atoms with van der Waals surface area (Å²) in [5.74, 6) is 0. The van der Waals surface area contributed by atoms with Crippen molar-refractivity contribution in [2.45, 2.75) is 4.90 Å². The van der Waals surface area contributed by atoms with Crippen LogP contribution in [0, 0.1) is 0 Å². The van der Waals surface area contributed by atoms with Crippen LogP contribution in [0.5, 0.6) is 0 Å². The van der Waals surface area contributed by atoms with Gasteiger partial charge >= 0.3 is 51.4 Å². The van der Waals surface area contributed by atoms with Crippen LogP contribution in [-0.2, 0) is 20.9 Å². The summed E-state index contributed by atoms with van der Waals surface area (Å²) < 4.78 is 42.9. The van der Waals surface area contributed by atoms with Gasteiger partial charge in [0, 0.05) is 23.3 Å². The molecule has 3 aromatic carbocycles. The van der Waals surface area contributed by atoms with Crippen LogP contribution in [0.15, 0.2) is 89.8 Å². The van der Waals surface area contributed by atoms with Crippen molar-refractivity contribution in [1.82, 2.24) is 0 Å². The Morgan fingerprint density at radius 3 is 1.34 bits per heavy atom. The molecule has 0 amide bonds. The molecule has 3 aromatic rings. The van der Waals surface area contributed by atoms with E-state index in [1.807, 2.05) is 36.4 Å². The van der Waals surface area contributed by atoms with E-state index in [0.29, 0.717) is 0 Å². The molecule has 0 spiro atoms. The van der Waals surface area contributed by atoms with E-state index in [1.165, 1.54) is 22.7 Å². The van der Waals surface area contributed by atoms with Gasteiger partial charge in [0.15, 0.2) is 0 Å².